The highest BCUT2D eigenvalue weighted by Crippen LogP contribution is 2.22. The summed E-state index contributed by atoms with van der Waals surface area (Å²) in [6.45, 7) is 0.189. The largest absolute Gasteiger partial charge is 0.459 e. The summed E-state index contributed by atoms with van der Waals surface area (Å²) in [6, 6.07) is 8.87. The molecule has 9 heteroatoms. The minimum atomic E-state index is -0.651. The van der Waals surface area contributed by atoms with Gasteiger partial charge in [0.15, 0.2) is 5.76 Å². The number of primary amides is 1. The van der Waals surface area contributed by atoms with E-state index < -0.39 is 17.9 Å². The molecular formula is C20H22N4O5. The molecule has 4 amide bonds. The third-order valence-corrected chi connectivity index (χ3v) is 4.61. The minimum Gasteiger partial charge on any atom is -0.459 e. The van der Waals surface area contributed by atoms with E-state index in [1.807, 2.05) is 0 Å². The molecule has 29 heavy (non-hydrogen) atoms. The second-order valence-electron chi connectivity index (χ2n) is 6.71. The highest BCUT2D eigenvalue weighted by Gasteiger charge is 2.33. The van der Waals surface area contributed by atoms with Crippen LogP contribution in [0.4, 0.5) is 5.69 Å². The molecule has 2 heterocycles. The summed E-state index contributed by atoms with van der Waals surface area (Å²) in [7, 11) is 0. The van der Waals surface area contributed by atoms with Gasteiger partial charge in [0.25, 0.3) is 11.8 Å². The molecule has 1 aliphatic heterocycles. The van der Waals surface area contributed by atoms with E-state index in [1.165, 1.54) is 17.2 Å². The van der Waals surface area contributed by atoms with Crippen LogP contribution in [0.1, 0.15) is 40.2 Å². The van der Waals surface area contributed by atoms with Crippen molar-refractivity contribution in [2.24, 2.45) is 5.73 Å². The van der Waals surface area contributed by atoms with Gasteiger partial charge in [-0.05, 0) is 49.6 Å². The number of hydrogen-bond donors (Lipinski definition) is 3. The molecule has 1 unspecified atom stereocenters. The Hall–Kier alpha value is -3.62. The van der Waals surface area contributed by atoms with Crippen molar-refractivity contribution >= 4 is 29.3 Å². The topological polar surface area (TPSA) is 135 Å². The number of likely N-dealkylation sites (tertiary alicyclic amines) is 1. The van der Waals surface area contributed by atoms with Crippen LogP contribution in [0, 0.1) is 0 Å². The number of benzene rings is 1. The molecule has 9 nitrogen and oxygen atoms in total. The van der Waals surface area contributed by atoms with Crippen molar-refractivity contribution in [2.45, 2.75) is 25.3 Å². The zero-order valence-electron chi connectivity index (χ0n) is 15.7. The summed E-state index contributed by atoms with van der Waals surface area (Å²) in [5.74, 6) is -1.60. The van der Waals surface area contributed by atoms with Crippen LogP contribution in [0.2, 0.25) is 0 Å². The number of hydrogen-bond acceptors (Lipinski definition) is 5. The Kier molecular flexibility index (Phi) is 6.28. The second kappa shape index (κ2) is 9.05. The Balaban J connectivity index is 1.70. The van der Waals surface area contributed by atoms with Gasteiger partial charge in [0.05, 0.1) is 12.8 Å². The van der Waals surface area contributed by atoms with E-state index in [-0.39, 0.29) is 29.7 Å². The van der Waals surface area contributed by atoms with Crippen molar-refractivity contribution in [3.05, 3.63) is 54.0 Å². The Bertz CT molecular complexity index is 909. The maximum Gasteiger partial charge on any atom is 0.290 e. The molecule has 1 fully saturated rings. The Morgan fingerprint density at radius 2 is 1.97 bits per heavy atom. The van der Waals surface area contributed by atoms with Crippen LogP contribution in [0.3, 0.4) is 0 Å². The number of amides is 4. The number of rotatable bonds is 6. The smallest absolute Gasteiger partial charge is 0.290 e. The van der Waals surface area contributed by atoms with Crippen LogP contribution < -0.4 is 16.4 Å². The standard InChI is InChI=1S/C20H22N4O5/c21-17(25)12-22-18(26)13-5-3-6-14(11-13)23-19(27)15-7-1-2-9-24(15)20(28)16-8-4-10-29-16/h3-6,8,10-11,15H,1-2,7,9,12H2,(H2,21,25)(H,22,26)(H,23,27). The Morgan fingerprint density at radius 1 is 1.14 bits per heavy atom. The summed E-state index contributed by atoms with van der Waals surface area (Å²) >= 11 is 0. The molecule has 2 aromatic rings. The third kappa shape index (κ3) is 5.01. The molecule has 0 aliphatic carbocycles. The maximum absolute atomic E-state index is 12.9. The molecule has 1 saturated heterocycles. The van der Waals surface area contributed by atoms with Gasteiger partial charge in [-0.2, -0.15) is 0 Å². The lowest BCUT2D eigenvalue weighted by atomic mass is 10.0. The zero-order chi connectivity index (χ0) is 20.8. The molecule has 0 radical (unpaired) electrons. The van der Waals surface area contributed by atoms with E-state index in [0.717, 1.165) is 12.8 Å². The number of piperidine rings is 1. The lowest BCUT2D eigenvalue weighted by Crippen LogP contribution is -2.49. The van der Waals surface area contributed by atoms with Crippen LogP contribution in [0.15, 0.2) is 47.1 Å². The van der Waals surface area contributed by atoms with Gasteiger partial charge in [-0.3, -0.25) is 19.2 Å². The van der Waals surface area contributed by atoms with Gasteiger partial charge in [0, 0.05) is 17.8 Å². The predicted molar refractivity (Wildman–Crippen MR) is 104 cm³/mol. The Labute approximate surface area is 167 Å². The summed E-state index contributed by atoms with van der Waals surface area (Å²) in [5, 5.41) is 5.16. The van der Waals surface area contributed by atoms with Gasteiger partial charge in [0.1, 0.15) is 6.04 Å². The van der Waals surface area contributed by atoms with Crippen molar-refractivity contribution in [3.63, 3.8) is 0 Å². The zero-order valence-corrected chi connectivity index (χ0v) is 15.7. The van der Waals surface area contributed by atoms with Crippen LogP contribution >= 0.6 is 0 Å². The van der Waals surface area contributed by atoms with E-state index in [9.17, 15) is 19.2 Å². The average Bonchev–Trinajstić information content (AvgIpc) is 3.26. The van der Waals surface area contributed by atoms with Crippen molar-refractivity contribution < 1.29 is 23.6 Å². The van der Waals surface area contributed by atoms with Crippen molar-refractivity contribution in [3.8, 4) is 0 Å². The fourth-order valence-corrected chi connectivity index (χ4v) is 3.22. The van der Waals surface area contributed by atoms with Crippen LogP contribution in [0.25, 0.3) is 0 Å². The number of nitrogens with two attached hydrogens (primary N) is 1. The quantitative estimate of drug-likeness (QED) is 0.670. The molecule has 4 N–H and O–H groups in total. The lowest BCUT2D eigenvalue weighted by Gasteiger charge is -2.34. The van der Waals surface area contributed by atoms with Gasteiger partial charge in [-0.1, -0.05) is 6.07 Å². The first-order valence-electron chi connectivity index (χ1n) is 9.27. The van der Waals surface area contributed by atoms with Crippen molar-refractivity contribution in [1.82, 2.24) is 10.2 Å². The van der Waals surface area contributed by atoms with Gasteiger partial charge in [0.2, 0.25) is 11.8 Å². The molecule has 0 bridgehead atoms. The third-order valence-electron chi connectivity index (χ3n) is 4.61. The average molecular weight is 398 g/mol. The first kappa shape index (κ1) is 20.1. The fraction of sp³-hybridized carbons (Fsp3) is 0.300. The number of carbonyl (C=O) groups excluding carboxylic acids is 4. The summed E-state index contributed by atoms with van der Waals surface area (Å²) in [5.41, 5.74) is 5.71. The van der Waals surface area contributed by atoms with Crippen LogP contribution in [0.5, 0.6) is 0 Å². The maximum atomic E-state index is 12.9. The van der Waals surface area contributed by atoms with Gasteiger partial charge < -0.3 is 25.7 Å². The molecule has 0 saturated carbocycles. The molecular weight excluding hydrogens is 376 g/mol. The number of carbonyl (C=O) groups is 4. The fourth-order valence-electron chi connectivity index (χ4n) is 3.22. The van der Waals surface area contributed by atoms with Crippen molar-refractivity contribution in [2.75, 3.05) is 18.4 Å². The summed E-state index contributed by atoms with van der Waals surface area (Å²) in [6.07, 6.45) is 3.60. The number of nitrogens with zero attached hydrogens (tertiary/aromatic N) is 1. The highest BCUT2D eigenvalue weighted by atomic mass is 16.3. The minimum absolute atomic E-state index is 0.192. The molecule has 0 spiro atoms. The number of furan rings is 1. The molecule has 152 valence electrons. The normalized spacial score (nSPS) is 16.1. The Morgan fingerprint density at radius 3 is 2.69 bits per heavy atom. The summed E-state index contributed by atoms with van der Waals surface area (Å²) in [4.78, 5) is 49.9. The van der Waals surface area contributed by atoms with Crippen LogP contribution in [-0.2, 0) is 9.59 Å². The molecule has 1 aliphatic rings. The van der Waals surface area contributed by atoms with E-state index in [2.05, 4.69) is 10.6 Å². The molecule has 1 atom stereocenters. The van der Waals surface area contributed by atoms with Gasteiger partial charge in [-0.15, -0.1) is 0 Å². The molecule has 1 aromatic carbocycles. The van der Waals surface area contributed by atoms with E-state index in [0.29, 0.717) is 18.7 Å². The van der Waals surface area contributed by atoms with Gasteiger partial charge >= 0.3 is 0 Å². The SMILES string of the molecule is NC(=O)CNC(=O)c1cccc(NC(=O)C2CCCCN2C(=O)c2ccco2)c1. The van der Waals surface area contributed by atoms with E-state index >= 15 is 0 Å². The van der Waals surface area contributed by atoms with E-state index in [1.54, 1.807) is 30.3 Å². The first-order chi connectivity index (χ1) is 14.0. The lowest BCUT2D eigenvalue weighted by molar-refractivity contribution is -0.121. The molecule has 1 aromatic heterocycles. The van der Waals surface area contributed by atoms with Crippen molar-refractivity contribution in [1.29, 1.82) is 0 Å². The summed E-state index contributed by atoms with van der Waals surface area (Å²) < 4.78 is 5.18. The number of anilines is 1. The second-order valence-corrected chi connectivity index (χ2v) is 6.71. The predicted octanol–water partition coefficient (Wildman–Crippen LogP) is 1.13. The highest BCUT2D eigenvalue weighted by molar-refractivity contribution is 6.02. The number of nitrogens with one attached hydrogen (secondary N) is 2. The molecule has 3 rings (SSSR count). The van der Waals surface area contributed by atoms with E-state index in [4.69, 9.17) is 10.2 Å². The monoisotopic (exact) mass is 398 g/mol. The van der Waals surface area contributed by atoms with Gasteiger partial charge in [-0.25, -0.2) is 0 Å². The first-order valence-corrected chi connectivity index (χ1v) is 9.27. The van der Waals surface area contributed by atoms with Crippen LogP contribution in [-0.4, -0.2) is 47.7 Å².